The molecule has 9 nitrogen and oxygen atoms in total. The van der Waals surface area contributed by atoms with Crippen LogP contribution in [0.15, 0.2) is 0 Å². The highest BCUT2D eigenvalue weighted by Crippen LogP contribution is 2.17. The lowest BCUT2D eigenvalue weighted by atomic mass is 10.0. The van der Waals surface area contributed by atoms with Crippen molar-refractivity contribution in [3.05, 3.63) is 0 Å². The van der Waals surface area contributed by atoms with Gasteiger partial charge in [0.25, 0.3) is 0 Å². The normalized spacial score (nSPS) is 11.7. The summed E-state index contributed by atoms with van der Waals surface area (Å²) in [6.07, 6.45) is 54.7. The van der Waals surface area contributed by atoms with E-state index in [-0.39, 0.29) is 61.7 Å². The third-order valence-electron chi connectivity index (χ3n) is 15.4. The Labute approximate surface area is 486 Å². The monoisotopic (exact) mass is 1130 g/mol. The quantitative estimate of drug-likeness (QED) is 0.0270. The topological polar surface area (TPSA) is 78.9 Å². The molecule has 0 spiro atoms. The first kappa shape index (κ1) is 80.6. The van der Waals surface area contributed by atoms with Crippen LogP contribution in [0.25, 0.3) is 0 Å². The van der Waals surface area contributed by atoms with E-state index in [1.165, 1.54) is 231 Å². The van der Waals surface area contributed by atoms with Crippen LogP contribution in [0.3, 0.4) is 0 Å². The number of unbranched alkanes of at least 4 members (excludes halogenated alkanes) is 39. The Morgan fingerprint density at radius 2 is 0.427 bits per heavy atom. The van der Waals surface area contributed by atoms with Crippen LogP contribution in [0.4, 0.5) is 0 Å². The van der Waals surface area contributed by atoms with Crippen LogP contribution >= 0.6 is 0 Å². The minimum atomic E-state index is -0.164. The Kier molecular flexibility index (Phi) is 62.2. The Balaban J connectivity index is -0.00000840. The van der Waals surface area contributed by atoms with E-state index in [1.807, 2.05) is 0 Å². The van der Waals surface area contributed by atoms with E-state index in [0.717, 1.165) is 38.5 Å². The van der Waals surface area contributed by atoms with E-state index in [1.54, 1.807) is 0 Å². The van der Waals surface area contributed by atoms with Gasteiger partial charge in [-0.1, -0.05) is 271 Å². The standard InChI is InChI=1S/C63H128N3O6.3ClH/c1-9-12-15-18-21-24-27-30-33-36-39-42-45-48-55-70-61(67)58-64(4,5)51-53-66(8,60-63(69)72-57-50-47-44-41-38-35-32-29-26-23-20-17-14-11-3)54-52-65(6,7)59-62(68)71-56-49-46-43-40-37-34-31-28-25-22-19-16-13-10-2;;;/h9-60H2,1-8H3;3*1H/q+3;;;/p-3. The molecule has 12 heteroatoms. The minimum absolute atomic E-state index is 0. The second kappa shape index (κ2) is 57.8. The molecule has 0 aliphatic rings. The van der Waals surface area contributed by atoms with Crippen LogP contribution in [-0.2, 0) is 28.6 Å². The van der Waals surface area contributed by atoms with E-state index < -0.39 is 0 Å². The summed E-state index contributed by atoms with van der Waals surface area (Å²) < 4.78 is 18.8. The van der Waals surface area contributed by atoms with E-state index >= 15 is 0 Å². The summed E-state index contributed by atoms with van der Waals surface area (Å²) in [7, 11) is 10.5. The molecule has 0 saturated carbocycles. The van der Waals surface area contributed by atoms with Gasteiger partial charge in [-0.25, -0.2) is 14.4 Å². The summed E-state index contributed by atoms with van der Waals surface area (Å²) in [5.74, 6) is -0.466. The molecule has 0 amide bonds. The number of carbonyl (C=O) groups excluding carboxylic acids is 3. The first-order valence-corrected chi connectivity index (χ1v) is 31.7. The molecule has 0 aromatic heterocycles. The third-order valence-corrected chi connectivity index (χ3v) is 15.4. The van der Waals surface area contributed by atoms with E-state index in [2.05, 4.69) is 56.0 Å². The lowest BCUT2D eigenvalue weighted by Crippen LogP contribution is -3.00. The largest absolute Gasteiger partial charge is 1.00 e. The fraction of sp³-hybridized carbons (Fsp3) is 0.952. The van der Waals surface area contributed by atoms with Gasteiger partial charge in [-0.3, -0.25) is 0 Å². The van der Waals surface area contributed by atoms with Crippen molar-refractivity contribution in [1.82, 2.24) is 0 Å². The maximum atomic E-state index is 13.4. The van der Waals surface area contributed by atoms with Gasteiger partial charge in [0.05, 0.1) is 55.1 Å². The van der Waals surface area contributed by atoms with Gasteiger partial charge in [0.1, 0.15) is 26.2 Å². The van der Waals surface area contributed by atoms with Gasteiger partial charge >= 0.3 is 17.9 Å². The number of hydrogen-bond acceptors (Lipinski definition) is 6. The fourth-order valence-corrected chi connectivity index (χ4v) is 10.0. The molecule has 452 valence electrons. The molecule has 0 aromatic rings. The highest BCUT2D eigenvalue weighted by molar-refractivity contribution is 5.71. The number of esters is 3. The third kappa shape index (κ3) is 59.1. The predicted molar refractivity (Wildman–Crippen MR) is 308 cm³/mol. The van der Waals surface area contributed by atoms with Crippen LogP contribution in [0.5, 0.6) is 0 Å². The highest BCUT2D eigenvalue weighted by Gasteiger charge is 2.34. The molecule has 0 aliphatic carbocycles. The summed E-state index contributed by atoms with van der Waals surface area (Å²) in [5.41, 5.74) is 0. The predicted octanol–water partition coefficient (Wildman–Crippen LogP) is 7.67. The number of halogens is 3. The summed E-state index contributed by atoms with van der Waals surface area (Å²) in [5, 5.41) is 0. The second-order valence-corrected chi connectivity index (χ2v) is 24.3. The molecule has 0 unspecified atom stereocenters. The molecule has 75 heavy (non-hydrogen) atoms. The van der Waals surface area contributed by atoms with Crippen molar-refractivity contribution in [1.29, 1.82) is 0 Å². The maximum Gasteiger partial charge on any atom is 0.361 e. The summed E-state index contributed by atoms with van der Waals surface area (Å²) in [6.45, 7) is 12.0. The van der Waals surface area contributed by atoms with Crippen molar-refractivity contribution < 1.29 is 79.3 Å². The van der Waals surface area contributed by atoms with Gasteiger partial charge in [0.2, 0.25) is 0 Å². The van der Waals surface area contributed by atoms with Crippen LogP contribution in [0.1, 0.15) is 290 Å². The van der Waals surface area contributed by atoms with Gasteiger partial charge in [-0.2, -0.15) is 0 Å². The average molecular weight is 1130 g/mol. The molecule has 0 aromatic carbocycles. The number of rotatable bonds is 57. The molecule has 0 atom stereocenters. The van der Waals surface area contributed by atoms with E-state index in [0.29, 0.717) is 72.5 Å². The van der Waals surface area contributed by atoms with Crippen molar-refractivity contribution in [2.45, 2.75) is 290 Å². The van der Waals surface area contributed by atoms with Crippen molar-refractivity contribution in [3.8, 4) is 0 Å². The minimum Gasteiger partial charge on any atom is -1.00 e. The maximum absolute atomic E-state index is 13.4. The zero-order valence-electron chi connectivity index (χ0n) is 51.2. The first-order valence-electron chi connectivity index (χ1n) is 31.7. The summed E-state index contributed by atoms with van der Waals surface area (Å²) >= 11 is 0. The SMILES string of the molecule is CCCCCCCCCCCCCCCCOC(=O)C[N+](C)(C)CC[N+](C)(CC[N+](C)(C)CC(=O)OCCCCCCCCCCCCCCCC)CC(=O)OCCCCCCCCCCCCCCCC.[Cl-].[Cl-].[Cl-]. The number of likely N-dealkylation sites (N-methyl/N-ethyl adjacent to an activating group) is 3. The van der Waals surface area contributed by atoms with Crippen molar-refractivity contribution in [3.63, 3.8) is 0 Å². The Morgan fingerprint density at radius 3 is 0.627 bits per heavy atom. The van der Waals surface area contributed by atoms with Gasteiger partial charge < -0.3 is 64.9 Å². The Morgan fingerprint density at radius 1 is 0.253 bits per heavy atom. The molecule has 0 fully saturated rings. The van der Waals surface area contributed by atoms with Gasteiger partial charge in [-0.05, 0) is 19.3 Å². The van der Waals surface area contributed by atoms with Crippen LogP contribution in [-0.4, -0.2) is 132 Å². The van der Waals surface area contributed by atoms with Crippen LogP contribution < -0.4 is 37.2 Å². The van der Waals surface area contributed by atoms with Crippen molar-refractivity contribution in [2.24, 2.45) is 0 Å². The lowest BCUT2D eigenvalue weighted by Gasteiger charge is -2.39. The Hall–Kier alpha value is -0.840. The molecule has 0 heterocycles. The summed E-state index contributed by atoms with van der Waals surface area (Å²) in [4.78, 5) is 39.5. The number of carbonyl (C=O) groups is 3. The zero-order valence-corrected chi connectivity index (χ0v) is 53.5. The van der Waals surface area contributed by atoms with Crippen LogP contribution in [0.2, 0.25) is 0 Å². The molecular weight excluding hydrogens is 1000 g/mol. The molecule has 0 saturated heterocycles. The molecular formula is C63H128Cl3N3O6. The van der Waals surface area contributed by atoms with Crippen molar-refractivity contribution in [2.75, 3.05) is 101 Å². The fourth-order valence-electron chi connectivity index (χ4n) is 10.0. The van der Waals surface area contributed by atoms with E-state index in [9.17, 15) is 14.4 Å². The van der Waals surface area contributed by atoms with Crippen molar-refractivity contribution >= 4 is 17.9 Å². The zero-order chi connectivity index (χ0) is 53.1. The van der Waals surface area contributed by atoms with Crippen LogP contribution in [0, 0.1) is 0 Å². The molecule has 0 bridgehead atoms. The number of nitrogens with zero attached hydrogens (tertiary/aromatic N) is 3. The Bertz CT molecular complexity index is 1160. The molecule has 0 aliphatic heterocycles. The van der Waals surface area contributed by atoms with E-state index in [4.69, 9.17) is 14.2 Å². The smallest absolute Gasteiger partial charge is 0.361 e. The number of quaternary nitrogens is 3. The van der Waals surface area contributed by atoms with Gasteiger partial charge in [0, 0.05) is 0 Å². The summed E-state index contributed by atoms with van der Waals surface area (Å²) in [6, 6.07) is 0. The van der Waals surface area contributed by atoms with Gasteiger partial charge in [0.15, 0.2) is 19.6 Å². The first-order chi connectivity index (χ1) is 34.8. The number of ether oxygens (including phenoxy) is 3. The molecule has 0 radical (unpaired) electrons. The lowest BCUT2D eigenvalue weighted by molar-refractivity contribution is -0.970. The molecule has 0 N–H and O–H groups in total. The highest BCUT2D eigenvalue weighted by atomic mass is 35.5. The molecule has 0 rings (SSSR count). The number of hydrogen-bond donors (Lipinski definition) is 0. The second-order valence-electron chi connectivity index (χ2n) is 24.3. The average Bonchev–Trinajstić information content (AvgIpc) is 3.33. The van der Waals surface area contributed by atoms with Gasteiger partial charge in [-0.15, -0.1) is 0 Å².